The van der Waals surface area contributed by atoms with Crippen LogP contribution in [0, 0.1) is 0 Å². The summed E-state index contributed by atoms with van der Waals surface area (Å²) in [6.45, 7) is 0. The van der Waals surface area contributed by atoms with Crippen LogP contribution < -0.4 is 10.1 Å². The second-order valence-corrected chi connectivity index (χ2v) is 5.48. The zero-order chi connectivity index (χ0) is 15.9. The number of rotatable bonds is 5. The van der Waals surface area contributed by atoms with Crippen molar-refractivity contribution in [1.82, 2.24) is 9.97 Å². The summed E-state index contributed by atoms with van der Waals surface area (Å²) >= 11 is 1.57. The fourth-order valence-electron chi connectivity index (χ4n) is 1.81. The Bertz CT molecular complexity index is 802. The lowest BCUT2D eigenvalue weighted by molar-refractivity contribution is -0.111. The first-order valence-corrected chi connectivity index (χ1v) is 7.75. The van der Waals surface area contributed by atoms with Crippen LogP contribution in [-0.2, 0) is 4.79 Å². The Hall–Kier alpha value is -2.99. The molecule has 0 fully saturated rings. The Morgan fingerprint density at radius 3 is 2.78 bits per heavy atom. The van der Waals surface area contributed by atoms with Gasteiger partial charge in [0.2, 0.25) is 5.91 Å². The summed E-state index contributed by atoms with van der Waals surface area (Å²) in [6.07, 6.45) is 6.48. The van der Waals surface area contributed by atoms with Gasteiger partial charge in [-0.3, -0.25) is 4.79 Å². The number of thiophene rings is 1. The van der Waals surface area contributed by atoms with Gasteiger partial charge in [0.1, 0.15) is 5.75 Å². The molecule has 0 bridgehead atoms. The van der Waals surface area contributed by atoms with Gasteiger partial charge in [-0.05, 0) is 35.7 Å². The summed E-state index contributed by atoms with van der Waals surface area (Å²) in [6, 6.07) is 12.9. The van der Waals surface area contributed by atoms with Gasteiger partial charge in [-0.15, -0.1) is 11.3 Å². The molecule has 2 aromatic heterocycles. The van der Waals surface area contributed by atoms with Crippen LogP contribution in [0.4, 0.5) is 5.69 Å². The fourth-order valence-corrected chi connectivity index (χ4v) is 2.43. The van der Waals surface area contributed by atoms with Gasteiger partial charge in [-0.2, -0.15) is 0 Å². The number of nitrogens with one attached hydrogen (secondary N) is 1. The molecule has 0 atom stereocenters. The molecule has 23 heavy (non-hydrogen) atoms. The van der Waals surface area contributed by atoms with Crippen molar-refractivity contribution >= 4 is 29.0 Å². The molecular formula is C17H13N3O2S. The maximum absolute atomic E-state index is 11.9. The predicted octanol–water partition coefficient (Wildman–Crippen LogP) is 3.98. The largest absolute Gasteiger partial charge is 0.424 e. The van der Waals surface area contributed by atoms with Crippen LogP contribution in [0.1, 0.15) is 4.88 Å². The van der Waals surface area contributed by atoms with Crippen molar-refractivity contribution in [3.8, 4) is 11.8 Å². The van der Waals surface area contributed by atoms with Crippen LogP contribution in [-0.4, -0.2) is 15.9 Å². The van der Waals surface area contributed by atoms with Crippen LogP contribution in [0.3, 0.4) is 0 Å². The normalized spacial score (nSPS) is 10.6. The lowest BCUT2D eigenvalue weighted by atomic mass is 10.3. The lowest BCUT2D eigenvalue weighted by Gasteiger charge is -2.06. The minimum absolute atomic E-state index is 0.202. The summed E-state index contributed by atoms with van der Waals surface area (Å²) in [7, 11) is 0. The number of hydrogen-bond donors (Lipinski definition) is 1. The third-order valence-electron chi connectivity index (χ3n) is 2.79. The fraction of sp³-hybridized carbons (Fsp3) is 0. The average molecular weight is 323 g/mol. The highest BCUT2D eigenvalue weighted by Gasteiger charge is 2.02. The Kier molecular flexibility index (Phi) is 4.76. The molecule has 0 spiro atoms. The molecular weight excluding hydrogens is 310 g/mol. The summed E-state index contributed by atoms with van der Waals surface area (Å²) < 4.78 is 5.53. The summed E-state index contributed by atoms with van der Waals surface area (Å²) in [4.78, 5) is 20.9. The van der Waals surface area contributed by atoms with Gasteiger partial charge in [0.05, 0.1) is 0 Å². The third-order valence-corrected chi connectivity index (χ3v) is 3.63. The molecule has 2 heterocycles. The van der Waals surface area contributed by atoms with E-state index in [1.807, 2.05) is 17.5 Å². The van der Waals surface area contributed by atoms with E-state index in [2.05, 4.69) is 15.3 Å². The average Bonchev–Trinajstić information content (AvgIpc) is 3.08. The van der Waals surface area contributed by atoms with E-state index < -0.39 is 0 Å². The molecule has 1 aromatic carbocycles. The van der Waals surface area contributed by atoms with E-state index >= 15 is 0 Å². The molecule has 3 rings (SSSR count). The SMILES string of the molecule is O=C(/C=C/c1cccs1)Nc1cccc(Oc2ncccn2)c1. The summed E-state index contributed by atoms with van der Waals surface area (Å²) in [5.41, 5.74) is 0.638. The Balaban J connectivity index is 1.64. The number of carbonyl (C=O) groups excluding carboxylic acids is 1. The third kappa shape index (κ3) is 4.49. The maximum Gasteiger partial charge on any atom is 0.321 e. The Morgan fingerprint density at radius 2 is 2.00 bits per heavy atom. The van der Waals surface area contributed by atoms with Crippen molar-refractivity contribution in [1.29, 1.82) is 0 Å². The van der Waals surface area contributed by atoms with Crippen LogP contribution in [0.25, 0.3) is 6.08 Å². The van der Waals surface area contributed by atoms with Crippen LogP contribution >= 0.6 is 11.3 Å². The van der Waals surface area contributed by atoms with Gasteiger partial charge in [0.15, 0.2) is 0 Å². The van der Waals surface area contributed by atoms with Gasteiger partial charge < -0.3 is 10.1 Å². The van der Waals surface area contributed by atoms with Crippen molar-refractivity contribution in [2.75, 3.05) is 5.32 Å². The molecule has 1 amide bonds. The minimum atomic E-state index is -0.202. The first-order valence-electron chi connectivity index (χ1n) is 6.87. The summed E-state index contributed by atoms with van der Waals surface area (Å²) in [5, 5.41) is 4.75. The molecule has 0 aliphatic rings. The summed E-state index contributed by atoms with van der Waals surface area (Å²) in [5.74, 6) is 0.350. The van der Waals surface area contributed by atoms with E-state index in [4.69, 9.17) is 4.74 Å². The highest BCUT2D eigenvalue weighted by Crippen LogP contribution is 2.21. The topological polar surface area (TPSA) is 64.1 Å². The van der Waals surface area contributed by atoms with E-state index in [0.29, 0.717) is 11.4 Å². The molecule has 0 unspecified atom stereocenters. The van der Waals surface area contributed by atoms with E-state index in [1.54, 1.807) is 60.1 Å². The number of anilines is 1. The number of carbonyl (C=O) groups is 1. The van der Waals surface area contributed by atoms with Gasteiger partial charge in [0, 0.05) is 35.1 Å². The van der Waals surface area contributed by atoms with Crippen molar-refractivity contribution in [3.63, 3.8) is 0 Å². The number of amides is 1. The van der Waals surface area contributed by atoms with Crippen LogP contribution in [0.2, 0.25) is 0 Å². The van der Waals surface area contributed by atoms with Gasteiger partial charge >= 0.3 is 6.01 Å². The number of hydrogen-bond acceptors (Lipinski definition) is 5. The van der Waals surface area contributed by atoms with E-state index in [0.717, 1.165) is 4.88 Å². The molecule has 0 radical (unpaired) electrons. The molecule has 3 aromatic rings. The quantitative estimate of drug-likeness (QED) is 0.721. The van der Waals surface area contributed by atoms with Gasteiger partial charge in [-0.25, -0.2) is 9.97 Å². The lowest BCUT2D eigenvalue weighted by Crippen LogP contribution is -2.07. The molecule has 0 saturated carbocycles. The molecule has 114 valence electrons. The molecule has 0 saturated heterocycles. The smallest absolute Gasteiger partial charge is 0.321 e. The second kappa shape index (κ2) is 7.33. The standard InChI is InChI=1S/C17H13N3O2S/c21-16(8-7-15-6-2-11-23-15)20-13-4-1-5-14(12-13)22-17-18-9-3-10-19-17/h1-12H,(H,20,21)/b8-7+. The highest BCUT2D eigenvalue weighted by molar-refractivity contribution is 7.10. The van der Waals surface area contributed by atoms with E-state index in [9.17, 15) is 4.79 Å². The zero-order valence-electron chi connectivity index (χ0n) is 12.0. The van der Waals surface area contributed by atoms with Gasteiger partial charge in [-0.1, -0.05) is 12.1 Å². The second-order valence-electron chi connectivity index (χ2n) is 4.50. The van der Waals surface area contributed by atoms with Crippen LogP contribution in [0.5, 0.6) is 11.8 Å². The van der Waals surface area contributed by atoms with E-state index in [1.165, 1.54) is 6.08 Å². The molecule has 1 N–H and O–H groups in total. The monoisotopic (exact) mass is 323 g/mol. The maximum atomic E-state index is 11.9. The van der Waals surface area contributed by atoms with E-state index in [-0.39, 0.29) is 11.9 Å². The molecule has 5 nitrogen and oxygen atoms in total. The van der Waals surface area contributed by atoms with Crippen LogP contribution in [0.15, 0.2) is 66.3 Å². The Labute approximate surface area is 137 Å². The molecule has 0 aliphatic carbocycles. The minimum Gasteiger partial charge on any atom is -0.424 e. The molecule has 6 heteroatoms. The number of nitrogens with zero attached hydrogens (tertiary/aromatic N) is 2. The first kappa shape index (κ1) is 14.9. The van der Waals surface area contributed by atoms with Crippen molar-refractivity contribution in [2.24, 2.45) is 0 Å². The number of benzene rings is 1. The van der Waals surface area contributed by atoms with Crippen molar-refractivity contribution < 1.29 is 9.53 Å². The van der Waals surface area contributed by atoms with Crippen molar-refractivity contribution in [2.45, 2.75) is 0 Å². The zero-order valence-corrected chi connectivity index (χ0v) is 12.9. The first-order chi connectivity index (χ1) is 11.3. The van der Waals surface area contributed by atoms with Gasteiger partial charge in [0.25, 0.3) is 0 Å². The van der Waals surface area contributed by atoms with Crippen molar-refractivity contribution in [3.05, 3.63) is 71.2 Å². The molecule has 0 aliphatic heterocycles. The number of ether oxygens (including phenoxy) is 1. The number of aromatic nitrogens is 2. The Morgan fingerprint density at radius 1 is 1.13 bits per heavy atom. The highest BCUT2D eigenvalue weighted by atomic mass is 32.1. The predicted molar refractivity (Wildman–Crippen MR) is 90.5 cm³/mol.